The lowest BCUT2D eigenvalue weighted by Crippen LogP contribution is -2.41. The summed E-state index contributed by atoms with van der Waals surface area (Å²) in [5, 5.41) is 7.61. The topological polar surface area (TPSA) is 67.2 Å². The Morgan fingerprint density at radius 1 is 1.03 bits per heavy atom. The van der Waals surface area contributed by atoms with Crippen LogP contribution in [0.3, 0.4) is 0 Å². The van der Waals surface area contributed by atoms with E-state index in [9.17, 15) is 9.59 Å². The van der Waals surface area contributed by atoms with Crippen LogP contribution in [0.5, 0.6) is 0 Å². The van der Waals surface area contributed by atoms with Crippen LogP contribution in [0.4, 0.5) is 11.4 Å². The van der Waals surface area contributed by atoms with E-state index in [0.717, 1.165) is 49.2 Å². The van der Waals surface area contributed by atoms with Gasteiger partial charge >= 0.3 is 0 Å². The minimum atomic E-state index is -0.126. The van der Waals surface area contributed by atoms with Gasteiger partial charge in [-0.2, -0.15) is 5.10 Å². The zero-order valence-electron chi connectivity index (χ0n) is 18.9. The van der Waals surface area contributed by atoms with E-state index in [1.54, 1.807) is 12.3 Å². The lowest BCUT2D eigenvalue weighted by atomic mass is 9.90. The fraction of sp³-hybridized carbons (Fsp3) is 0.370. The standard InChI is InChI=1S/C27H30N4O2/c32-26-16-23(17-28-31(26)18-20-8-2-1-3-9-20)30-15-7-12-22(19-30)27(33)29-25-14-6-11-21-10-4-5-13-24(21)25/h1-3,6,8-9,11,14,16-17,22H,4-5,7,10,12-13,15,18-19H2,(H,29,33)/t22-/m1/s1. The molecule has 1 fully saturated rings. The summed E-state index contributed by atoms with van der Waals surface area (Å²) in [6.45, 7) is 1.88. The molecule has 0 bridgehead atoms. The second-order valence-corrected chi connectivity index (χ2v) is 9.12. The van der Waals surface area contributed by atoms with Gasteiger partial charge in [0.05, 0.1) is 24.3 Å². The third-order valence-electron chi connectivity index (χ3n) is 6.84. The van der Waals surface area contributed by atoms with Gasteiger partial charge in [-0.05, 0) is 61.3 Å². The minimum Gasteiger partial charge on any atom is -0.369 e. The molecular formula is C27H30N4O2. The third kappa shape index (κ3) is 4.85. The van der Waals surface area contributed by atoms with E-state index in [0.29, 0.717) is 13.1 Å². The van der Waals surface area contributed by atoms with Gasteiger partial charge in [0.15, 0.2) is 0 Å². The van der Waals surface area contributed by atoms with Gasteiger partial charge in [0, 0.05) is 24.8 Å². The van der Waals surface area contributed by atoms with Gasteiger partial charge in [0.1, 0.15) is 0 Å². The van der Waals surface area contributed by atoms with E-state index in [2.05, 4.69) is 21.4 Å². The Kier molecular flexibility index (Phi) is 6.24. The molecule has 0 unspecified atom stereocenters. The monoisotopic (exact) mass is 442 g/mol. The number of carbonyl (C=O) groups excluding carboxylic acids is 1. The summed E-state index contributed by atoms with van der Waals surface area (Å²) in [5.74, 6) is -0.0333. The molecule has 1 aliphatic carbocycles. The van der Waals surface area contributed by atoms with Crippen molar-refractivity contribution in [1.29, 1.82) is 0 Å². The Hall–Kier alpha value is -3.41. The predicted octanol–water partition coefficient (Wildman–Crippen LogP) is 4.03. The third-order valence-corrected chi connectivity index (χ3v) is 6.84. The molecule has 2 heterocycles. The van der Waals surface area contributed by atoms with E-state index >= 15 is 0 Å². The first-order valence-corrected chi connectivity index (χ1v) is 11.9. The zero-order chi connectivity index (χ0) is 22.6. The number of carbonyl (C=O) groups is 1. The molecule has 5 rings (SSSR count). The molecule has 1 aromatic heterocycles. The van der Waals surface area contributed by atoms with Crippen molar-refractivity contribution < 1.29 is 4.79 Å². The van der Waals surface area contributed by atoms with Gasteiger partial charge < -0.3 is 10.2 Å². The number of hydrogen-bond acceptors (Lipinski definition) is 4. The van der Waals surface area contributed by atoms with Crippen molar-refractivity contribution in [2.75, 3.05) is 23.3 Å². The lowest BCUT2D eigenvalue weighted by molar-refractivity contribution is -0.120. The number of nitrogens with one attached hydrogen (secondary N) is 1. The molecule has 6 nitrogen and oxygen atoms in total. The summed E-state index contributed by atoms with van der Waals surface area (Å²) in [5.41, 5.74) is 5.34. The molecule has 6 heteroatoms. The van der Waals surface area contributed by atoms with Gasteiger partial charge in [-0.15, -0.1) is 0 Å². The molecule has 0 radical (unpaired) electrons. The van der Waals surface area contributed by atoms with Crippen molar-refractivity contribution in [3.05, 3.63) is 87.8 Å². The summed E-state index contributed by atoms with van der Waals surface area (Å²) in [6.07, 6.45) is 8.05. The number of anilines is 2. The largest absolute Gasteiger partial charge is 0.369 e. The highest BCUT2D eigenvalue weighted by Crippen LogP contribution is 2.29. The van der Waals surface area contributed by atoms with E-state index < -0.39 is 0 Å². The molecule has 2 aliphatic rings. The first kappa shape index (κ1) is 21.4. The first-order chi connectivity index (χ1) is 16.2. The van der Waals surface area contributed by atoms with Crippen LogP contribution in [-0.4, -0.2) is 28.8 Å². The molecule has 33 heavy (non-hydrogen) atoms. The highest BCUT2D eigenvalue weighted by Gasteiger charge is 2.27. The molecule has 170 valence electrons. The fourth-order valence-corrected chi connectivity index (χ4v) is 5.03. The van der Waals surface area contributed by atoms with Gasteiger partial charge in [0.2, 0.25) is 5.91 Å². The molecule has 1 aliphatic heterocycles. The summed E-state index contributed by atoms with van der Waals surface area (Å²) in [7, 11) is 0. The van der Waals surface area contributed by atoms with Crippen molar-refractivity contribution in [3.8, 4) is 0 Å². The van der Waals surface area contributed by atoms with E-state index in [-0.39, 0.29) is 17.4 Å². The number of amides is 1. The van der Waals surface area contributed by atoms with E-state index in [4.69, 9.17) is 0 Å². The molecule has 1 amide bonds. The summed E-state index contributed by atoms with van der Waals surface area (Å²) in [4.78, 5) is 27.9. The first-order valence-electron chi connectivity index (χ1n) is 11.9. The van der Waals surface area contributed by atoms with Gasteiger partial charge in [-0.1, -0.05) is 42.5 Å². The van der Waals surface area contributed by atoms with Crippen LogP contribution in [0, 0.1) is 5.92 Å². The van der Waals surface area contributed by atoms with Crippen molar-refractivity contribution in [3.63, 3.8) is 0 Å². The van der Waals surface area contributed by atoms with Crippen molar-refractivity contribution in [2.45, 2.75) is 45.1 Å². The minimum absolute atomic E-state index is 0.0732. The molecule has 1 atom stereocenters. The van der Waals surface area contributed by atoms with Gasteiger partial charge in [0.25, 0.3) is 5.56 Å². The maximum atomic E-state index is 13.1. The number of benzene rings is 2. The lowest BCUT2D eigenvalue weighted by Gasteiger charge is -2.33. The van der Waals surface area contributed by atoms with E-state index in [1.165, 1.54) is 28.7 Å². The number of rotatable bonds is 5. The van der Waals surface area contributed by atoms with Crippen LogP contribution >= 0.6 is 0 Å². The number of aryl methyl sites for hydroxylation is 1. The Labute approximate surface area is 194 Å². The van der Waals surface area contributed by atoms with Crippen molar-refractivity contribution >= 4 is 17.3 Å². The molecule has 2 aromatic carbocycles. The second-order valence-electron chi connectivity index (χ2n) is 9.12. The SMILES string of the molecule is O=C(Nc1cccc2c1CCCC2)[C@@H]1CCCN(c2cnn(Cc3ccccc3)c(=O)c2)C1. The number of aromatic nitrogens is 2. The van der Waals surface area contributed by atoms with Crippen LogP contribution in [0.1, 0.15) is 42.4 Å². The molecule has 0 saturated carbocycles. The maximum Gasteiger partial charge on any atom is 0.269 e. The predicted molar refractivity (Wildman–Crippen MR) is 131 cm³/mol. The normalized spacial score (nSPS) is 17.9. The van der Waals surface area contributed by atoms with Crippen molar-refractivity contribution in [2.24, 2.45) is 5.92 Å². The van der Waals surface area contributed by atoms with Crippen molar-refractivity contribution in [1.82, 2.24) is 9.78 Å². The number of fused-ring (bicyclic) bond motifs is 1. The maximum absolute atomic E-state index is 13.1. The zero-order valence-corrected chi connectivity index (χ0v) is 18.9. The average Bonchev–Trinajstić information content (AvgIpc) is 2.86. The Morgan fingerprint density at radius 3 is 2.73 bits per heavy atom. The Morgan fingerprint density at radius 2 is 1.88 bits per heavy atom. The Balaban J connectivity index is 1.27. The van der Waals surface area contributed by atoms with E-state index in [1.807, 2.05) is 42.5 Å². The molecule has 1 N–H and O–H groups in total. The highest BCUT2D eigenvalue weighted by atomic mass is 16.2. The van der Waals surface area contributed by atoms with Crippen LogP contribution in [0.25, 0.3) is 0 Å². The summed E-state index contributed by atoms with van der Waals surface area (Å²) >= 11 is 0. The van der Waals surface area contributed by atoms with Crippen LogP contribution in [-0.2, 0) is 24.2 Å². The smallest absolute Gasteiger partial charge is 0.269 e. The fourth-order valence-electron chi connectivity index (χ4n) is 5.03. The number of nitrogens with zero attached hydrogens (tertiary/aromatic N) is 3. The molecular weight excluding hydrogens is 412 g/mol. The summed E-state index contributed by atoms with van der Waals surface area (Å²) < 4.78 is 1.48. The molecule has 1 saturated heterocycles. The van der Waals surface area contributed by atoms with Crippen LogP contribution in [0.2, 0.25) is 0 Å². The Bertz CT molecular complexity index is 1190. The van der Waals surface area contributed by atoms with Gasteiger partial charge in [-0.3, -0.25) is 9.59 Å². The second kappa shape index (κ2) is 9.61. The number of hydrogen-bond donors (Lipinski definition) is 1. The molecule has 3 aromatic rings. The quantitative estimate of drug-likeness (QED) is 0.648. The molecule has 0 spiro atoms. The summed E-state index contributed by atoms with van der Waals surface area (Å²) in [6, 6.07) is 17.7. The van der Waals surface area contributed by atoms with Crippen LogP contribution in [0.15, 0.2) is 65.6 Å². The highest BCUT2D eigenvalue weighted by molar-refractivity contribution is 5.94. The average molecular weight is 443 g/mol. The van der Waals surface area contributed by atoms with Gasteiger partial charge in [-0.25, -0.2) is 4.68 Å². The van der Waals surface area contributed by atoms with Crippen LogP contribution < -0.4 is 15.8 Å². The number of piperidine rings is 1.